The number of aliphatic hydroxyl groups excluding tert-OH is 1. The van der Waals surface area contributed by atoms with Gasteiger partial charge in [-0.2, -0.15) is 0 Å². The molecule has 0 bridgehead atoms. The molecule has 0 heterocycles. The van der Waals surface area contributed by atoms with E-state index in [-0.39, 0.29) is 0 Å². The van der Waals surface area contributed by atoms with Crippen LogP contribution in [0.25, 0.3) is 0 Å². The summed E-state index contributed by atoms with van der Waals surface area (Å²) in [7, 11) is 1.64. The van der Waals surface area contributed by atoms with E-state index in [0.717, 1.165) is 23.5 Å². The average Bonchev–Trinajstić information content (AvgIpc) is 2.49. The molecular weight excluding hydrogens is 250 g/mol. The zero-order chi connectivity index (χ0) is 14.4. The van der Waals surface area contributed by atoms with Crippen LogP contribution in [0, 0.1) is 6.92 Å². The van der Waals surface area contributed by atoms with Gasteiger partial charge in [0, 0.05) is 12.2 Å². The van der Waals surface area contributed by atoms with E-state index >= 15 is 0 Å². The quantitative estimate of drug-likeness (QED) is 0.844. The number of para-hydroxylation sites is 1. The van der Waals surface area contributed by atoms with Crippen molar-refractivity contribution in [3.05, 3.63) is 59.7 Å². The van der Waals surface area contributed by atoms with E-state index in [1.165, 1.54) is 5.56 Å². The van der Waals surface area contributed by atoms with Crippen LogP contribution in [0.15, 0.2) is 48.5 Å². The van der Waals surface area contributed by atoms with Gasteiger partial charge in [0.25, 0.3) is 0 Å². The number of rotatable bonds is 6. The molecule has 3 nitrogen and oxygen atoms in total. The molecule has 106 valence electrons. The molecule has 2 aromatic carbocycles. The highest BCUT2D eigenvalue weighted by atomic mass is 16.5. The third-order valence-electron chi connectivity index (χ3n) is 3.38. The predicted molar refractivity (Wildman–Crippen MR) is 82.2 cm³/mol. The highest BCUT2D eigenvalue weighted by molar-refractivity contribution is 5.50. The van der Waals surface area contributed by atoms with Crippen LogP contribution in [0.2, 0.25) is 0 Å². The number of aliphatic hydroxyl groups is 1. The summed E-state index contributed by atoms with van der Waals surface area (Å²) >= 11 is 0. The average molecular weight is 271 g/mol. The van der Waals surface area contributed by atoms with E-state index in [2.05, 4.69) is 24.4 Å². The van der Waals surface area contributed by atoms with Gasteiger partial charge in [0.05, 0.1) is 13.2 Å². The highest BCUT2D eigenvalue weighted by Crippen LogP contribution is 2.20. The van der Waals surface area contributed by atoms with Crippen LogP contribution >= 0.6 is 0 Å². The molecule has 0 saturated heterocycles. The third-order valence-corrected chi connectivity index (χ3v) is 3.38. The van der Waals surface area contributed by atoms with Gasteiger partial charge in [0.2, 0.25) is 0 Å². The first-order valence-corrected chi connectivity index (χ1v) is 6.82. The molecule has 0 saturated carbocycles. The van der Waals surface area contributed by atoms with Gasteiger partial charge < -0.3 is 15.2 Å². The summed E-state index contributed by atoms with van der Waals surface area (Å²) in [6.07, 6.45) is 0.207. The van der Waals surface area contributed by atoms with Crippen LogP contribution in [-0.2, 0) is 0 Å². The Morgan fingerprint density at radius 1 is 1.10 bits per heavy atom. The summed E-state index contributed by atoms with van der Waals surface area (Å²) in [4.78, 5) is 0. The fourth-order valence-corrected chi connectivity index (χ4v) is 2.11. The zero-order valence-electron chi connectivity index (χ0n) is 12.0. The van der Waals surface area contributed by atoms with Crippen molar-refractivity contribution in [1.29, 1.82) is 0 Å². The van der Waals surface area contributed by atoms with Crippen molar-refractivity contribution in [1.82, 2.24) is 0 Å². The lowest BCUT2D eigenvalue weighted by Crippen LogP contribution is -2.08. The molecule has 0 radical (unpaired) electrons. The van der Waals surface area contributed by atoms with E-state index in [0.29, 0.717) is 6.42 Å². The largest absolute Gasteiger partial charge is 0.497 e. The van der Waals surface area contributed by atoms with Gasteiger partial charge in [0.15, 0.2) is 0 Å². The molecule has 1 atom stereocenters. The molecule has 0 spiro atoms. The second-order valence-corrected chi connectivity index (χ2v) is 4.82. The Hall–Kier alpha value is -2.00. The monoisotopic (exact) mass is 271 g/mol. The first kappa shape index (κ1) is 14.4. The highest BCUT2D eigenvalue weighted by Gasteiger charge is 2.07. The lowest BCUT2D eigenvalue weighted by Gasteiger charge is -2.14. The number of hydrogen-bond acceptors (Lipinski definition) is 3. The predicted octanol–water partition coefficient (Wildman–Crippen LogP) is 3.54. The van der Waals surface area contributed by atoms with Crippen LogP contribution in [0.1, 0.15) is 23.7 Å². The minimum Gasteiger partial charge on any atom is -0.497 e. The normalized spacial score (nSPS) is 11.9. The Balaban J connectivity index is 1.85. The van der Waals surface area contributed by atoms with E-state index < -0.39 is 6.10 Å². The van der Waals surface area contributed by atoms with Crippen molar-refractivity contribution in [2.75, 3.05) is 19.0 Å². The number of benzene rings is 2. The van der Waals surface area contributed by atoms with Gasteiger partial charge in [-0.05, 0) is 42.7 Å². The van der Waals surface area contributed by atoms with Crippen LogP contribution in [0.3, 0.4) is 0 Å². The minimum absolute atomic E-state index is 0.461. The van der Waals surface area contributed by atoms with E-state index in [9.17, 15) is 5.11 Å². The Labute approximate surface area is 120 Å². The standard InChI is InChI=1S/C17H21NO2/c1-13-5-3-4-6-16(13)18-12-11-17(19)14-7-9-15(20-2)10-8-14/h3-10,17-19H,11-12H2,1-2H3/t17-/m0/s1. The Bertz CT molecular complexity index is 537. The molecule has 3 heteroatoms. The van der Waals surface area contributed by atoms with Gasteiger partial charge >= 0.3 is 0 Å². The van der Waals surface area contributed by atoms with Crippen LogP contribution in [0.5, 0.6) is 5.75 Å². The first-order valence-electron chi connectivity index (χ1n) is 6.82. The van der Waals surface area contributed by atoms with Crippen LogP contribution in [0.4, 0.5) is 5.69 Å². The van der Waals surface area contributed by atoms with Gasteiger partial charge in [-0.1, -0.05) is 30.3 Å². The topological polar surface area (TPSA) is 41.5 Å². The molecule has 0 aliphatic rings. The van der Waals surface area contributed by atoms with E-state index in [1.807, 2.05) is 36.4 Å². The number of methoxy groups -OCH3 is 1. The van der Waals surface area contributed by atoms with Gasteiger partial charge in [-0.15, -0.1) is 0 Å². The second kappa shape index (κ2) is 6.96. The maximum absolute atomic E-state index is 10.2. The number of anilines is 1. The molecule has 20 heavy (non-hydrogen) atoms. The number of aryl methyl sites for hydroxylation is 1. The molecule has 0 aliphatic heterocycles. The van der Waals surface area contributed by atoms with Crippen LogP contribution < -0.4 is 10.1 Å². The molecule has 0 fully saturated rings. The molecule has 0 amide bonds. The van der Waals surface area contributed by atoms with E-state index in [1.54, 1.807) is 7.11 Å². The maximum atomic E-state index is 10.2. The second-order valence-electron chi connectivity index (χ2n) is 4.82. The fourth-order valence-electron chi connectivity index (χ4n) is 2.11. The third kappa shape index (κ3) is 3.75. The summed E-state index contributed by atoms with van der Waals surface area (Å²) in [5, 5.41) is 13.5. The Kier molecular flexibility index (Phi) is 5.02. The van der Waals surface area contributed by atoms with Crippen molar-refractivity contribution in [2.24, 2.45) is 0 Å². The van der Waals surface area contributed by atoms with Gasteiger partial charge in [-0.3, -0.25) is 0 Å². The van der Waals surface area contributed by atoms with Crippen molar-refractivity contribution in [2.45, 2.75) is 19.4 Å². The summed E-state index contributed by atoms with van der Waals surface area (Å²) < 4.78 is 5.11. The van der Waals surface area contributed by atoms with Crippen molar-refractivity contribution in [3.63, 3.8) is 0 Å². The Morgan fingerprint density at radius 2 is 1.80 bits per heavy atom. The number of ether oxygens (including phenoxy) is 1. The lowest BCUT2D eigenvalue weighted by molar-refractivity contribution is 0.171. The minimum atomic E-state index is -0.461. The van der Waals surface area contributed by atoms with E-state index in [4.69, 9.17) is 4.74 Å². The molecule has 2 N–H and O–H groups in total. The molecule has 0 aliphatic carbocycles. The SMILES string of the molecule is COc1ccc([C@@H](O)CCNc2ccccc2C)cc1. The molecule has 2 aromatic rings. The first-order chi connectivity index (χ1) is 9.70. The molecule has 0 aromatic heterocycles. The van der Waals surface area contributed by atoms with Gasteiger partial charge in [-0.25, -0.2) is 0 Å². The van der Waals surface area contributed by atoms with Gasteiger partial charge in [0.1, 0.15) is 5.75 Å². The molecule has 0 unspecified atom stereocenters. The molecule has 2 rings (SSSR count). The number of hydrogen-bond donors (Lipinski definition) is 2. The zero-order valence-corrected chi connectivity index (χ0v) is 12.0. The summed E-state index contributed by atoms with van der Waals surface area (Å²) in [6.45, 7) is 2.81. The summed E-state index contributed by atoms with van der Waals surface area (Å²) in [5.41, 5.74) is 3.25. The fraction of sp³-hybridized carbons (Fsp3) is 0.294. The van der Waals surface area contributed by atoms with Crippen molar-refractivity contribution in [3.8, 4) is 5.75 Å². The number of nitrogens with one attached hydrogen (secondary N) is 1. The molecular formula is C17H21NO2. The summed E-state index contributed by atoms with van der Waals surface area (Å²) in [6, 6.07) is 15.7. The van der Waals surface area contributed by atoms with Crippen molar-refractivity contribution < 1.29 is 9.84 Å². The maximum Gasteiger partial charge on any atom is 0.118 e. The summed E-state index contributed by atoms with van der Waals surface area (Å²) in [5.74, 6) is 0.805. The Morgan fingerprint density at radius 3 is 2.45 bits per heavy atom. The lowest BCUT2D eigenvalue weighted by atomic mass is 10.1. The van der Waals surface area contributed by atoms with Crippen LogP contribution in [-0.4, -0.2) is 18.8 Å². The smallest absolute Gasteiger partial charge is 0.118 e. The van der Waals surface area contributed by atoms with Crippen molar-refractivity contribution >= 4 is 5.69 Å².